The van der Waals surface area contributed by atoms with Gasteiger partial charge in [0, 0.05) is 23.5 Å². The molecule has 0 saturated carbocycles. The highest BCUT2D eigenvalue weighted by atomic mass is 35.5. The molecule has 0 aliphatic carbocycles. The third-order valence-corrected chi connectivity index (χ3v) is 4.91. The van der Waals surface area contributed by atoms with Gasteiger partial charge in [-0.3, -0.25) is 4.98 Å². The first-order chi connectivity index (χ1) is 8.72. The molecule has 1 atom stereocenters. The maximum absolute atomic E-state index is 6.22. The lowest BCUT2D eigenvalue weighted by Crippen LogP contribution is -2.12. The van der Waals surface area contributed by atoms with Gasteiger partial charge in [-0.25, -0.2) is 0 Å². The van der Waals surface area contributed by atoms with Crippen molar-refractivity contribution in [3.05, 3.63) is 50.6 Å². The smallest absolute Gasteiger partial charge is 0.0931 e. The minimum Gasteiger partial charge on any atom is -0.324 e. The second kappa shape index (κ2) is 4.97. The zero-order chi connectivity index (χ0) is 12.5. The predicted octanol–water partition coefficient (Wildman–Crippen LogP) is 4.25. The van der Waals surface area contributed by atoms with Crippen LogP contribution in [0.3, 0.4) is 0 Å². The fourth-order valence-corrected chi connectivity index (χ4v) is 3.80. The van der Waals surface area contributed by atoms with Crippen molar-refractivity contribution >= 4 is 44.5 Å². The number of nitrogens with two attached hydrogens (primary N) is 1. The number of pyridine rings is 1. The molecular weight excluding hydrogens is 284 g/mol. The molecule has 0 fully saturated rings. The summed E-state index contributed by atoms with van der Waals surface area (Å²) in [6.07, 6.45) is 2.67. The van der Waals surface area contributed by atoms with Crippen LogP contribution in [-0.2, 0) is 6.42 Å². The summed E-state index contributed by atoms with van der Waals surface area (Å²) in [6, 6.07) is 8.07. The van der Waals surface area contributed by atoms with Crippen molar-refractivity contribution in [1.29, 1.82) is 0 Å². The Morgan fingerprint density at radius 1 is 1.33 bits per heavy atom. The number of aromatic nitrogens is 1. The minimum absolute atomic E-state index is 0.0290. The van der Waals surface area contributed by atoms with E-state index in [0.717, 1.165) is 21.8 Å². The molecule has 0 amide bonds. The van der Waals surface area contributed by atoms with Crippen LogP contribution in [0.4, 0.5) is 0 Å². The van der Waals surface area contributed by atoms with Gasteiger partial charge in [-0.15, -0.1) is 22.7 Å². The number of hydrogen-bond acceptors (Lipinski definition) is 4. The molecule has 0 bridgehead atoms. The van der Waals surface area contributed by atoms with Crippen molar-refractivity contribution in [1.82, 2.24) is 4.98 Å². The third-order valence-electron chi connectivity index (χ3n) is 2.80. The van der Waals surface area contributed by atoms with Crippen LogP contribution in [0.15, 0.2) is 35.8 Å². The van der Waals surface area contributed by atoms with Crippen molar-refractivity contribution in [2.75, 3.05) is 0 Å². The molecule has 3 aromatic heterocycles. The minimum atomic E-state index is -0.0290. The molecule has 0 aliphatic heterocycles. The lowest BCUT2D eigenvalue weighted by atomic mass is 10.1. The highest BCUT2D eigenvalue weighted by Gasteiger charge is 2.10. The van der Waals surface area contributed by atoms with Gasteiger partial charge >= 0.3 is 0 Å². The summed E-state index contributed by atoms with van der Waals surface area (Å²) < 4.78 is 2.00. The van der Waals surface area contributed by atoms with Crippen molar-refractivity contribution in [2.24, 2.45) is 5.73 Å². The van der Waals surface area contributed by atoms with Gasteiger partial charge in [-0.1, -0.05) is 11.6 Å². The average molecular weight is 295 g/mol. The van der Waals surface area contributed by atoms with Crippen LogP contribution < -0.4 is 5.73 Å². The Kier molecular flexibility index (Phi) is 3.35. The molecule has 92 valence electrons. The van der Waals surface area contributed by atoms with Crippen LogP contribution in [-0.4, -0.2) is 4.98 Å². The van der Waals surface area contributed by atoms with E-state index >= 15 is 0 Å². The van der Waals surface area contributed by atoms with Gasteiger partial charge in [-0.2, -0.15) is 0 Å². The second-order valence-corrected chi connectivity index (χ2v) is 6.84. The highest BCUT2D eigenvalue weighted by molar-refractivity contribution is 7.17. The number of fused-ring (bicyclic) bond motifs is 1. The van der Waals surface area contributed by atoms with E-state index in [1.54, 1.807) is 22.7 Å². The number of nitrogens with zero attached hydrogens (tertiary/aromatic N) is 1. The SMILES string of the molecule is NC(Cc1ccc(Cl)s1)c1cnc2ccsc2c1. The molecule has 0 aliphatic rings. The van der Waals surface area contributed by atoms with E-state index in [9.17, 15) is 0 Å². The normalized spacial score (nSPS) is 13.0. The summed E-state index contributed by atoms with van der Waals surface area (Å²) in [6.45, 7) is 0. The van der Waals surface area contributed by atoms with Crippen LogP contribution >= 0.6 is 34.3 Å². The highest BCUT2D eigenvalue weighted by Crippen LogP contribution is 2.27. The summed E-state index contributed by atoms with van der Waals surface area (Å²) in [5.74, 6) is 0. The van der Waals surface area contributed by atoms with E-state index in [2.05, 4.69) is 11.1 Å². The van der Waals surface area contributed by atoms with Gasteiger partial charge in [-0.05, 0) is 35.2 Å². The van der Waals surface area contributed by atoms with Crippen molar-refractivity contribution in [3.8, 4) is 0 Å². The first kappa shape index (κ1) is 12.1. The van der Waals surface area contributed by atoms with Crippen LogP contribution in [0.5, 0.6) is 0 Å². The predicted molar refractivity (Wildman–Crippen MR) is 79.6 cm³/mol. The number of rotatable bonds is 3. The first-order valence-electron chi connectivity index (χ1n) is 5.55. The van der Waals surface area contributed by atoms with Gasteiger partial charge in [0.25, 0.3) is 0 Å². The van der Waals surface area contributed by atoms with Crippen molar-refractivity contribution in [2.45, 2.75) is 12.5 Å². The zero-order valence-corrected chi connectivity index (χ0v) is 11.9. The van der Waals surface area contributed by atoms with Crippen LogP contribution in [0.2, 0.25) is 4.34 Å². The largest absolute Gasteiger partial charge is 0.324 e. The second-order valence-electron chi connectivity index (χ2n) is 4.09. The van der Waals surface area contributed by atoms with Crippen molar-refractivity contribution in [3.63, 3.8) is 0 Å². The first-order valence-corrected chi connectivity index (χ1v) is 7.63. The van der Waals surface area contributed by atoms with Crippen molar-refractivity contribution < 1.29 is 0 Å². The monoisotopic (exact) mass is 294 g/mol. The molecule has 2 nitrogen and oxygen atoms in total. The Labute approximate surface area is 118 Å². The van der Waals surface area contributed by atoms with E-state index in [0.29, 0.717) is 0 Å². The Morgan fingerprint density at radius 3 is 3.00 bits per heavy atom. The third kappa shape index (κ3) is 2.42. The molecule has 5 heteroatoms. The van der Waals surface area contributed by atoms with Gasteiger partial charge < -0.3 is 5.73 Å². The van der Waals surface area contributed by atoms with Crippen LogP contribution in [0, 0.1) is 0 Å². The van der Waals surface area contributed by atoms with E-state index in [-0.39, 0.29) is 6.04 Å². The van der Waals surface area contributed by atoms with Gasteiger partial charge in [0.15, 0.2) is 0 Å². The Bertz CT molecular complexity index is 674. The van der Waals surface area contributed by atoms with Crippen LogP contribution in [0.25, 0.3) is 10.2 Å². The molecule has 0 aromatic carbocycles. The van der Waals surface area contributed by atoms with E-state index < -0.39 is 0 Å². The Balaban J connectivity index is 1.84. The van der Waals surface area contributed by atoms with Gasteiger partial charge in [0.2, 0.25) is 0 Å². The number of halogens is 1. The Morgan fingerprint density at radius 2 is 2.22 bits per heavy atom. The molecule has 0 radical (unpaired) electrons. The zero-order valence-electron chi connectivity index (χ0n) is 9.47. The number of hydrogen-bond donors (Lipinski definition) is 1. The number of thiophene rings is 2. The molecule has 3 heterocycles. The van der Waals surface area contributed by atoms with E-state index in [1.807, 2.05) is 29.8 Å². The van der Waals surface area contributed by atoms with Gasteiger partial charge in [0.05, 0.1) is 14.6 Å². The standard InChI is InChI=1S/C13H11ClN2S2/c14-13-2-1-9(18-13)6-10(15)8-5-12-11(16-7-8)3-4-17-12/h1-5,7,10H,6,15H2. The summed E-state index contributed by atoms with van der Waals surface area (Å²) in [5, 5.41) is 2.05. The summed E-state index contributed by atoms with van der Waals surface area (Å²) in [4.78, 5) is 5.62. The topological polar surface area (TPSA) is 38.9 Å². The summed E-state index contributed by atoms with van der Waals surface area (Å²) in [7, 11) is 0. The molecule has 3 rings (SSSR count). The maximum atomic E-state index is 6.22. The quantitative estimate of drug-likeness (QED) is 0.784. The molecule has 0 saturated heterocycles. The fourth-order valence-electron chi connectivity index (χ4n) is 1.86. The van der Waals surface area contributed by atoms with E-state index in [1.165, 1.54) is 9.58 Å². The molecule has 1 unspecified atom stereocenters. The lowest BCUT2D eigenvalue weighted by molar-refractivity contribution is 0.728. The van der Waals surface area contributed by atoms with Crippen LogP contribution in [0.1, 0.15) is 16.5 Å². The summed E-state index contributed by atoms with van der Waals surface area (Å²) >= 11 is 9.20. The Hall–Kier alpha value is -0.940. The fraction of sp³-hybridized carbons (Fsp3) is 0.154. The molecule has 18 heavy (non-hydrogen) atoms. The van der Waals surface area contributed by atoms with Gasteiger partial charge in [0.1, 0.15) is 0 Å². The molecule has 0 spiro atoms. The molecular formula is C13H11ClN2S2. The van der Waals surface area contributed by atoms with E-state index in [4.69, 9.17) is 17.3 Å². The molecule has 3 aromatic rings. The average Bonchev–Trinajstić information content (AvgIpc) is 2.96. The summed E-state index contributed by atoms with van der Waals surface area (Å²) in [5.41, 5.74) is 8.34. The maximum Gasteiger partial charge on any atom is 0.0931 e. The molecule has 2 N–H and O–H groups in total. The lowest BCUT2D eigenvalue weighted by Gasteiger charge is -2.10.